The fraction of sp³-hybridized carbons (Fsp3) is 0.200. The van der Waals surface area contributed by atoms with E-state index in [1.165, 1.54) is 6.07 Å². The average Bonchev–Trinajstić information content (AvgIpc) is 3.47. The van der Waals surface area contributed by atoms with Gasteiger partial charge in [-0.25, -0.2) is 13.2 Å². The zero-order valence-corrected chi connectivity index (χ0v) is 21.9. The second-order valence-electron chi connectivity index (χ2n) is 8.05. The predicted octanol–water partition coefficient (Wildman–Crippen LogP) is 4.88. The maximum Gasteiger partial charge on any atom is 0.409 e. The molecule has 0 spiro atoms. The third-order valence-corrected chi connectivity index (χ3v) is 11.2. The van der Waals surface area contributed by atoms with Gasteiger partial charge in [-0.05, 0) is 73.5 Å². The molecule has 0 saturated carbocycles. The van der Waals surface area contributed by atoms with Crippen LogP contribution in [-0.4, -0.2) is 39.8 Å². The molecule has 37 heavy (non-hydrogen) atoms. The number of benzene rings is 1. The molecular weight excluding hydrogens is 534 g/mol. The monoisotopic (exact) mass is 555 g/mol. The molecule has 1 aromatic carbocycles. The number of unbranched alkanes of at least 4 members (excludes halogenated alkanes) is 1. The summed E-state index contributed by atoms with van der Waals surface area (Å²) in [5.41, 5.74) is 2.46. The van der Waals surface area contributed by atoms with Gasteiger partial charge >= 0.3 is 6.09 Å². The summed E-state index contributed by atoms with van der Waals surface area (Å²) < 4.78 is 25.3. The van der Waals surface area contributed by atoms with Crippen LogP contribution in [0.25, 0.3) is 10.6 Å². The Hall–Kier alpha value is -3.66. The number of pyridine rings is 1. The Morgan fingerprint density at radius 2 is 2.00 bits per heavy atom. The number of thiophene rings is 1. The van der Waals surface area contributed by atoms with E-state index in [2.05, 4.69) is 27.5 Å². The molecule has 1 fully saturated rings. The van der Waals surface area contributed by atoms with E-state index in [9.17, 15) is 22.8 Å². The van der Waals surface area contributed by atoms with Gasteiger partial charge in [-0.1, -0.05) is 24.0 Å². The first kappa shape index (κ1) is 26.4. The number of sulfone groups is 1. The number of rotatable bonds is 7. The van der Waals surface area contributed by atoms with E-state index in [0.717, 1.165) is 16.9 Å². The Labute approximate surface area is 221 Å². The number of carboxylic acid groups (broad SMARTS) is 1. The minimum Gasteiger partial charge on any atom is -0.465 e. The minimum absolute atomic E-state index is 0.0186. The van der Waals surface area contributed by atoms with Crippen LogP contribution in [0.15, 0.2) is 58.9 Å². The summed E-state index contributed by atoms with van der Waals surface area (Å²) >= 11 is 1.48. The molecule has 190 valence electrons. The van der Waals surface area contributed by atoms with Gasteiger partial charge < -0.3 is 5.11 Å². The van der Waals surface area contributed by atoms with Gasteiger partial charge in [0, 0.05) is 23.9 Å². The second kappa shape index (κ2) is 10.8. The van der Waals surface area contributed by atoms with Gasteiger partial charge in [0.05, 0.1) is 10.6 Å². The van der Waals surface area contributed by atoms with Gasteiger partial charge in [-0.3, -0.25) is 25.2 Å². The quantitative estimate of drug-likeness (QED) is 0.276. The first-order valence-corrected chi connectivity index (χ1v) is 14.1. The number of hydrogen-bond acceptors (Lipinski definition) is 8. The summed E-state index contributed by atoms with van der Waals surface area (Å²) in [6.07, 6.45) is 0.811. The number of thioether (sulfide) groups is 1. The molecule has 12 heteroatoms. The number of nitrogens with one attached hydrogen (secondary N) is 2. The van der Waals surface area contributed by atoms with E-state index < -0.39 is 31.2 Å². The van der Waals surface area contributed by atoms with Gasteiger partial charge in [-0.2, -0.15) is 0 Å². The Balaban J connectivity index is 1.53. The Morgan fingerprint density at radius 1 is 1.19 bits per heavy atom. The van der Waals surface area contributed by atoms with Crippen molar-refractivity contribution in [2.45, 2.75) is 34.5 Å². The summed E-state index contributed by atoms with van der Waals surface area (Å²) in [4.78, 5) is 40.6. The van der Waals surface area contributed by atoms with Crippen molar-refractivity contribution in [3.05, 3.63) is 65.9 Å². The lowest BCUT2D eigenvalue weighted by Gasteiger charge is -2.23. The zero-order valence-electron chi connectivity index (χ0n) is 19.5. The van der Waals surface area contributed by atoms with Crippen LogP contribution in [0.5, 0.6) is 0 Å². The van der Waals surface area contributed by atoms with Crippen LogP contribution in [0.4, 0.5) is 15.3 Å². The van der Waals surface area contributed by atoms with E-state index in [-0.39, 0.29) is 23.5 Å². The molecule has 3 amide bonds. The largest absolute Gasteiger partial charge is 0.465 e. The van der Waals surface area contributed by atoms with E-state index in [1.807, 2.05) is 6.92 Å². The van der Waals surface area contributed by atoms with E-state index in [0.29, 0.717) is 33.6 Å². The predicted molar refractivity (Wildman–Crippen MR) is 142 cm³/mol. The second-order valence-corrected chi connectivity index (χ2v) is 13.1. The lowest BCUT2D eigenvalue weighted by molar-refractivity contribution is -0.120. The van der Waals surface area contributed by atoms with Crippen LogP contribution in [0.3, 0.4) is 0 Å². The summed E-state index contributed by atoms with van der Waals surface area (Å²) in [6.45, 7) is 1.83. The summed E-state index contributed by atoms with van der Waals surface area (Å²) in [7, 11) is -4.22. The first-order valence-electron chi connectivity index (χ1n) is 11.0. The van der Waals surface area contributed by atoms with E-state index >= 15 is 0 Å². The topological polar surface area (TPSA) is 143 Å². The zero-order chi connectivity index (χ0) is 26.6. The molecule has 0 bridgehead atoms. The number of aryl methyl sites for hydroxylation is 1. The van der Waals surface area contributed by atoms with Crippen LogP contribution in [0.1, 0.15) is 30.4 Å². The SMILES string of the molecule is Cc1ccc(NC(=O)O)cc1C#CCCCC1(S(=O)(=O)c2ccc(-c3ccccn3)s2)SC(=O)NC1=O. The van der Waals surface area contributed by atoms with Gasteiger partial charge in [0.25, 0.3) is 11.1 Å². The van der Waals surface area contributed by atoms with Crippen molar-refractivity contribution >= 4 is 55.9 Å². The lowest BCUT2D eigenvalue weighted by Crippen LogP contribution is -2.43. The molecule has 4 rings (SSSR count). The first-order chi connectivity index (χ1) is 17.6. The van der Waals surface area contributed by atoms with Crippen molar-refractivity contribution in [3.63, 3.8) is 0 Å². The maximum atomic E-state index is 13.7. The van der Waals surface area contributed by atoms with Crippen molar-refractivity contribution in [2.75, 3.05) is 5.32 Å². The molecular formula is C25H21N3O6S3. The van der Waals surface area contributed by atoms with Crippen molar-refractivity contribution in [2.24, 2.45) is 0 Å². The van der Waals surface area contributed by atoms with Crippen molar-refractivity contribution in [3.8, 4) is 22.4 Å². The molecule has 0 aliphatic carbocycles. The average molecular weight is 556 g/mol. The van der Waals surface area contributed by atoms with Crippen LogP contribution < -0.4 is 10.6 Å². The molecule has 1 saturated heterocycles. The van der Waals surface area contributed by atoms with Gasteiger partial charge in [0.1, 0.15) is 4.21 Å². The van der Waals surface area contributed by atoms with Gasteiger partial charge in [0.15, 0.2) is 0 Å². The number of hydrogen-bond donors (Lipinski definition) is 3. The molecule has 2 aromatic heterocycles. The highest BCUT2D eigenvalue weighted by Gasteiger charge is 2.58. The number of imide groups is 1. The van der Waals surface area contributed by atoms with Crippen LogP contribution >= 0.6 is 23.1 Å². The minimum atomic E-state index is -4.22. The molecule has 3 aromatic rings. The smallest absolute Gasteiger partial charge is 0.409 e. The highest BCUT2D eigenvalue weighted by Crippen LogP contribution is 2.46. The Morgan fingerprint density at radius 3 is 2.68 bits per heavy atom. The normalized spacial score (nSPS) is 17.1. The highest BCUT2D eigenvalue weighted by molar-refractivity contribution is 8.25. The van der Waals surface area contributed by atoms with Crippen molar-refractivity contribution in [1.29, 1.82) is 0 Å². The number of aromatic nitrogens is 1. The number of anilines is 1. The molecule has 1 atom stereocenters. The molecule has 3 heterocycles. The number of carbonyl (C=O) groups is 3. The number of nitrogens with zero attached hydrogens (tertiary/aromatic N) is 1. The van der Waals surface area contributed by atoms with Crippen molar-refractivity contribution in [1.82, 2.24) is 10.3 Å². The third kappa shape index (κ3) is 5.53. The fourth-order valence-corrected chi connectivity index (χ4v) is 8.74. The van der Waals surface area contributed by atoms with Crippen LogP contribution in [-0.2, 0) is 14.6 Å². The molecule has 1 unspecified atom stereocenters. The molecule has 1 aliphatic heterocycles. The van der Waals surface area contributed by atoms with Crippen LogP contribution in [0, 0.1) is 18.8 Å². The van der Waals surface area contributed by atoms with Gasteiger partial charge in [-0.15, -0.1) is 11.3 Å². The number of carbonyl (C=O) groups excluding carboxylic acids is 2. The Kier molecular flexibility index (Phi) is 7.68. The standard InChI is InChI=1S/C25H21N3O6S3/c1-16-9-10-18(27-23(30)31)15-17(16)7-3-2-5-13-25(22(29)28-24(32)36-25)37(33,34)21-12-11-20(35-21)19-8-4-6-14-26-19/h4,6,8-12,14-15,27H,2,5,13H2,1H3,(H,30,31)(H,28,29,32). The maximum absolute atomic E-state index is 13.7. The summed E-state index contributed by atoms with van der Waals surface area (Å²) in [5, 5.41) is 12.6. The van der Waals surface area contributed by atoms with Crippen LogP contribution in [0.2, 0.25) is 0 Å². The third-order valence-electron chi connectivity index (χ3n) is 5.54. The summed E-state index contributed by atoms with van der Waals surface area (Å²) in [6, 6.07) is 13.3. The molecule has 9 nitrogen and oxygen atoms in total. The van der Waals surface area contributed by atoms with E-state index in [4.69, 9.17) is 5.11 Å². The molecule has 0 radical (unpaired) electrons. The highest BCUT2D eigenvalue weighted by atomic mass is 32.3. The van der Waals surface area contributed by atoms with E-state index in [1.54, 1.807) is 48.7 Å². The number of amides is 3. The fourth-order valence-electron chi connectivity index (χ4n) is 3.68. The lowest BCUT2D eigenvalue weighted by atomic mass is 10.1. The van der Waals surface area contributed by atoms with Crippen molar-refractivity contribution < 1.29 is 27.9 Å². The van der Waals surface area contributed by atoms with Gasteiger partial charge in [0.2, 0.25) is 13.9 Å². The summed E-state index contributed by atoms with van der Waals surface area (Å²) in [5.74, 6) is 5.07. The molecule has 1 aliphatic rings. The molecule has 3 N–H and O–H groups in total. The Bertz CT molecular complexity index is 1540.